The van der Waals surface area contributed by atoms with E-state index in [4.69, 9.17) is 16.2 Å². The topological polar surface area (TPSA) is 111 Å². The van der Waals surface area contributed by atoms with Gasteiger partial charge in [-0.15, -0.1) is 0 Å². The maximum absolute atomic E-state index is 13.7. The second kappa shape index (κ2) is 7.21. The number of nitrogen functional groups attached to an aromatic ring is 2. The molecule has 0 bridgehead atoms. The summed E-state index contributed by atoms with van der Waals surface area (Å²) in [6, 6.07) is 10.3. The van der Waals surface area contributed by atoms with Crippen LogP contribution in [-0.2, 0) is 6.61 Å². The Morgan fingerprint density at radius 1 is 1.04 bits per heavy atom. The molecule has 0 unspecified atom stereocenters. The SMILES string of the molecule is N#Cc1c(N)nc(N)nc1-c1cccc(COc2ccc(F)c(F)c2F)c1. The van der Waals surface area contributed by atoms with Gasteiger partial charge in [0, 0.05) is 5.56 Å². The van der Waals surface area contributed by atoms with E-state index in [9.17, 15) is 18.4 Å². The maximum Gasteiger partial charge on any atom is 0.222 e. The van der Waals surface area contributed by atoms with Crippen molar-refractivity contribution in [2.24, 2.45) is 0 Å². The van der Waals surface area contributed by atoms with Crippen LogP contribution in [0.2, 0.25) is 0 Å². The summed E-state index contributed by atoms with van der Waals surface area (Å²) in [4.78, 5) is 7.79. The van der Waals surface area contributed by atoms with Gasteiger partial charge in [-0.25, -0.2) is 13.8 Å². The quantitative estimate of drug-likeness (QED) is 0.682. The van der Waals surface area contributed by atoms with Crippen molar-refractivity contribution >= 4 is 11.8 Å². The minimum atomic E-state index is -1.60. The number of rotatable bonds is 4. The monoisotopic (exact) mass is 371 g/mol. The molecule has 0 saturated heterocycles. The van der Waals surface area contributed by atoms with Crippen molar-refractivity contribution in [1.82, 2.24) is 9.97 Å². The number of aromatic nitrogens is 2. The van der Waals surface area contributed by atoms with E-state index in [0.29, 0.717) is 11.1 Å². The van der Waals surface area contributed by atoms with E-state index in [1.54, 1.807) is 24.3 Å². The predicted molar refractivity (Wildman–Crippen MR) is 91.7 cm³/mol. The third-order valence-corrected chi connectivity index (χ3v) is 3.66. The average molecular weight is 371 g/mol. The van der Waals surface area contributed by atoms with Gasteiger partial charge < -0.3 is 16.2 Å². The minimum Gasteiger partial charge on any atom is -0.486 e. The number of nitrogens with zero attached hydrogens (tertiary/aromatic N) is 3. The van der Waals surface area contributed by atoms with Gasteiger partial charge >= 0.3 is 0 Å². The number of halogens is 3. The van der Waals surface area contributed by atoms with Crippen LogP contribution in [0, 0.1) is 28.8 Å². The fraction of sp³-hybridized carbons (Fsp3) is 0.0556. The number of anilines is 2. The van der Waals surface area contributed by atoms with Gasteiger partial charge in [0.15, 0.2) is 17.4 Å². The lowest BCUT2D eigenvalue weighted by Crippen LogP contribution is -2.05. The van der Waals surface area contributed by atoms with E-state index < -0.39 is 23.2 Å². The van der Waals surface area contributed by atoms with Crippen molar-refractivity contribution in [2.75, 3.05) is 11.5 Å². The molecule has 1 heterocycles. The Morgan fingerprint density at radius 3 is 2.56 bits per heavy atom. The van der Waals surface area contributed by atoms with E-state index in [1.165, 1.54) is 0 Å². The van der Waals surface area contributed by atoms with Crippen LogP contribution in [-0.4, -0.2) is 9.97 Å². The molecule has 0 saturated carbocycles. The van der Waals surface area contributed by atoms with Gasteiger partial charge in [-0.05, 0) is 23.8 Å². The van der Waals surface area contributed by atoms with Crippen molar-refractivity contribution in [3.8, 4) is 23.1 Å². The molecule has 1 aromatic heterocycles. The van der Waals surface area contributed by atoms with Crippen molar-refractivity contribution < 1.29 is 17.9 Å². The number of nitrogens with two attached hydrogens (primary N) is 2. The second-order valence-corrected chi connectivity index (χ2v) is 5.46. The molecule has 9 heteroatoms. The molecule has 27 heavy (non-hydrogen) atoms. The summed E-state index contributed by atoms with van der Waals surface area (Å²) < 4.78 is 45.1. The summed E-state index contributed by atoms with van der Waals surface area (Å²) in [5, 5.41) is 9.27. The number of nitriles is 1. The Kier molecular flexibility index (Phi) is 4.81. The molecule has 2 aromatic carbocycles. The van der Waals surface area contributed by atoms with Gasteiger partial charge in [-0.2, -0.15) is 14.6 Å². The van der Waals surface area contributed by atoms with Crippen LogP contribution in [0.3, 0.4) is 0 Å². The molecule has 0 spiro atoms. The molecule has 0 aliphatic rings. The van der Waals surface area contributed by atoms with Crippen LogP contribution in [0.25, 0.3) is 11.3 Å². The first-order valence-electron chi connectivity index (χ1n) is 7.59. The van der Waals surface area contributed by atoms with Crippen molar-refractivity contribution in [3.63, 3.8) is 0 Å². The lowest BCUT2D eigenvalue weighted by molar-refractivity contribution is 0.281. The highest BCUT2D eigenvalue weighted by atomic mass is 19.2. The third-order valence-electron chi connectivity index (χ3n) is 3.66. The van der Waals surface area contributed by atoms with E-state index in [2.05, 4.69) is 9.97 Å². The van der Waals surface area contributed by atoms with Gasteiger partial charge in [0.05, 0.1) is 5.69 Å². The smallest absolute Gasteiger partial charge is 0.222 e. The first-order valence-corrected chi connectivity index (χ1v) is 7.59. The van der Waals surface area contributed by atoms with Gasteiger partial charge in [-0.1, -0.05) is 18.2 Å². The summed E-state index contributed by atoms with van der Waals surface area (Å²) >= 11 is 0. The predicted octanol–water partition coefficient (Wildman–Crippen LogP) is 3.18. The lowest BCUT2D eigenvalue weighted by atomic mass is 10.0. The van der Waals surface area contributed by atoms with Crippen LogP contribution in [0.15, 0.2) is 36.4 Å². The first-order chi connectivity index (χ1) is 12.9. The summed E-state index contributed by atoms with van der Waals surface area (Å²) in [5.41, 5.74) is 12.7. The Morgan fingerprint density at radius 2 is 1.81 bits per heavy atom. The summed E-state index contributed by atoms with van der Waals surface area (Å²) in [5.74, 6) is -4.88. The molecule has 4 N–H and O–H groups in total. The second-order valence-electron chi connectivity index (χ2n) is 5.46. The highest BCUT2D eigenvalue weighted by Crippen LogP contribution is 2.27. The van der Waals surface area contributed by atoms with E-state index in [-0.39, 0.29) is 29.6 Å². The fourth-order valence-electron chi connectivity index (χ4n) is 2.40. The van der Waals surface area contributed by atoms with E-state index in [1.807, 2.05) is 6.07 Å². The Balaban J connectivity index is 1.90. The Hall–Kier alpha value is -3.80. The molecule has 3 rings (SSSR count). The normalized spacial score (nSPS) is 10.4. The largest absolute Gasteiger partial charge is 0.486 e. The zero-order chi connectivity index (χ0) is 19.6. The number of benzene rings is 2. The molecular formula is C18H12F3N5O. The molecule has 0 radical (unpaired) electrons. The number of ether oxygens (including phenoxy) is 1. The highest BCUT2D eigenvalue weighted by molar-refractivity contribution is 5.73. The molecule has 0 fully saturated rings. The van der Waals surface area contributed by atoms with Gasteiger partial charge in [0.25, 0.3) is 0 Å². The Bertz CT molecular complexity index is 1070. The first kappa shape index (κ1) is 18.0. The highest BCUT2D eigenvalue weighted by Gasteiger charge is 2.16. The average Bonchev–Trinajstić information content (AvgIpc) is 2.65. The van der Waals surface area contributed by atoms with Crippen molar-refractivity contribution in [2.45, 2.75) is 6.61 Å². The van der Waals surface area contributed by atoms with Gasteiger partial charge in [0.2, 0.25) is 11.8 Å². The van der Waals surface area contributed by atoms with Crippen LogP contribution in [0.5, 0.6) is 5.75 Å². The fourth-order valence-corrected chi connectivity index (χ4v) is 2.40. The summed E-state index contributed by atoms with van der Waals surface area (Å²) in [7, 11) is 0. The van der Waals surface area contributed by atoms with Crippen LogP contribution < -0.4 is 16.2 Å². The molecule has 0 aliphatic heterocycles. The maximum atomic E-state index is 13.7. The van der Waals surface area contributed by atoms with Crippen LogP contribution in [0.1, 0.15) is 11.1 Å². The van der Waals surface area contributed by atoms with Gasteiger partial charge in [-0.3, -0.25) is 0 Å². The molecular weight excluding hydrogens is 359 g/mol. The molecule has 6 nitrogen and oxygen atoms in total. The standard InChI is InChI=1S/C18H12F3N5O/c19-12-4-5-13(15(21)14(12)20)27-8-9-2-1-3-10(6-9)16-11(7-22)17(23)26-18(24)25-16/h1-6H,8H2,(H4,23,24,25,26). The van der Waals surface area contributed by atoms with Crippen molar-refractivity contribution in [1.29, 1.82) is 5.26 Å². The molecule has 136 valence electrons. The van der Waals surface area contributed by atoms with Crippen LogP contribution >= 0.6 is 0 Å². The molecule has 0 aliphatic carbocycles. The number of hydrogen-bond donors (Lipinski definition) is 2. The van der Waals surface area contributed by atoms with Crippen LogP contribution in [0.4, 0.5) is 24.9 Å². The zero-order valence-electron chi connectivity index (χ0n) is 13.7. The minimum absolute atomic E-state index is 0.0505. The zero-order valence-corrected chi connectivity index (χ0v) is 13.7. The summed E-state index contributed by atoms with van der Waals surface area (Å²) in [6.45, 7) is -0.131. The van der Waals surface area contributed by atoms with E-state index in [0.717, 1.165) is 12.1 Å². The molecule has 3 aromatic rings. The van der Waals surface area contributed by atoms with Crippen molar-refractivity contribution in [3.05, 3.63) is 65.0 Å². The third kappa shape index (κ3) is 3.59. The lowest BCUT2D eigenvalue weighted by Gasteiger charge is -2.10. The van der Waals surface area contributed by atoms with Gasteiger partial charge in [0.1, 0.15) is 24.1 Å². The summed E-state index contributed by atoms with van der Waals surface area (Å²) in [6.07, 6.45) is 0. The van der Waals surface area contributed by atoms with E-state index >= 15 is 0 Å². The molecule has 0 amide bonds. The Labute approximate surface area is 151 Å². The number of hydrogen-bond acceptors (Lipinski definition) is 6. The molecule has 0 atom stereocenters.